The molecule has 0 spiro atoms. The van der Waals surface area contributed by atoms with Crippen LogP contribution in [0.5, 0.6) is 0 Å². The van der Waals surface area contributed by atoms with Crippen molar-refractivity contribution in [3.63, 3.8) is 0 Å². The second-order valence-electron chi connectivity index (χ2n) is 9.89. The molecular formula is C32H45FN4O3. The maximum atomic E-state index is 13.9. The SMILES string of the molecule is C=CCC=C(C=C)C=N/C(C)=C/C=C(\C=C\NC(C)=NCCCC(O)O)C(O)NC1CCCC2=C1C=CC(F)C2. The molecule has 3 atom stereocenters. The van der Waals surface area contributed by atoms with Crippen molar-refractivity contribution >= 4 is 12.1 Å². The number of halogens is 1. The van der Waals surface area contributed by atoms with Gasteiger partial charge in [-0.15, -0.1) is 6.58 Å². The van der Waals surface area contributed by atoms with Crippen molar-refractivity contribution in [3.05, 3.63) is 96.0 Å². The molecule has 0 heterocycles. The number of aliphatic hydroxyl groups excluding tert-OH is 2. The number of rotatable bonds is 15. The molecule has 0 aromatic carbocycles. The summed E-state index contributed by atoms with van der Waals surface area (Å²) < 4.78 is 13.9. The third kappa shape index (κ3) is 12.3. The predicted octanol–water partition coefficient (Wildman–Crippen LogP) is 5.24. The van der Waals surface area contributed by atoms with E-state index in [1.54, 1.807) is 36.7 Å². The Hall–Kier alpha value is -3.17. The fourth-order valence-electron chi connectivity index (χ4n) is 4.40. The number of hydrogen-bond acceptors (Lipinski definition) is 6. The Morgan fingerprint density at radius 2 is 2.02 bits per heavy atom. The maximum absolute atomic E-state index is 13.9. The van der Waals surface area contributed by atoms with E-state index in [9.17, 15) is 9.50 Å². The van der Waals surface area contributed by atoms with Crippen LogP contribution in [0.1, 0.15) is 58.8 Å². The molecule has 5 N–H and O–H groups in total. The number of nitrogens with zero attached hydrogens (tertiary/aromatic N) is 2. The average molecular weight is 553 g/mol. The number of aliphatic hydroxyl groups is 3. The highest BCUT2D eigenvalue weighted by molar-refractivity contribution is 5.82. The molecule has 0 aromatic rings. The van der Waals surface area contributed by atoms with Gasteiger partial charge in [-0.3, -0.25) is 15.3 Å². The first kappa shape index (κ1) is 33.0. The molecule has 0 amide bonds. The summed E-state index contributed by atoms with van der Waals surface area (Å²) in [6.07, 6.45) is 19.3. The van der Waals surface area contributed by atoms with E-state index in [2.05, 4.69) is 33.8 Å². The first-order valence-corrected chi connectivity index (χ1v) is 13.9. The van der Waals surface area contributed by atoms with Crippen molar-refractivity contribution in [1.82, 2.24) is 10.6 Å². The Morgan fingerprint density at radius 1 is 1.23 bits per heavy atom. The summed E-state index contributed by atoms with van der Waals surface area (Å²) >= 11 is 0. The zero-order valence-corrected chi connectivity index (χ0v) is 23.8. The van der Waals surface area contributed by atoms with E-state index in [0.717, 1.165) is 48.1 Å². The van der Waals surface area contributed by atoms with Crippen LogP contribution in [0.2, 0.25) is 0 Å². The number of aliphatic imine (C=N–C) groups is 2. The van der Waals surface area contributed by atoms with Crippen LogP contribution in [0.25, 0.3) is 0 Å². The molecule has 0 fully saturated rings. The number of hydrogen-bond donors (Lipinski definition) is 5. The largest absolute Gasteiger partial charge is 0.374 e. The van der Waals surface area contributed by atoms with E-state index >= 15 is 0 Å². The Balaban J connectivity index is 2.20. The molecule has 0 bridgehead atoms. The van der Waals surface area contributed by atoms with E-state index in [1.807, 2.05) is 38.2 Å². The zero-order chi connectivity index (χ0) is 29.3. The molecule has 0 saturated heterocycles. The van der Waals surface area contributed by atoms with E-state index in [1.165, 1.54) is 0 Å². The molecule has 0 radical (unpaired) electrons. The van der Waals surface area contributed by atoms with Crippen LogP contribution in [-0.2, 0) is 0 Å². The smallest absolute Gasteiger partial charge is 0.151 e. The Kier molecular flexibility index (Phi) is 15.1. The molecule has 0 aromatic heterocycles. The van der Waals surface area contributed by atoms with Gasteiger partial charge in [-0.05, 0) is 81.2 Å². The summed E-state index contributed by atoms with van der Waals surface area (Å²) in [7, 11) is 0. The highest BCUT2D eigenvalue weighted by atomic mass is 19.1. The average Bonchev–Trinajstić information content (AvgIpc) is 2.92. The van der Waals surface area contributed by atoms with Crippen LogP contribution >= 0.6 is 0 Å². The van der Waals surface area contributed by atoms with E-state index in [4.69, 9.17) is 10.2 Å². The molecule has 2 aliphatic carbocycles. The quantitative estimate of drug-likeness (QED) is 0.0477. The monoisotopic (exact) mass is 552 g/mol. The number of alkyl halides is 1. The minimum absolute atomic E-state index is 0.0642. The van der Waals surface area contributed by atoms with Gasteiger partial charge < -0.3 is 20.6 Å². The highest BCUT2D eigenvalue weighted by Gasteiger charge is 2.27. The molecular weight excluding hydrogens is 507 g/mol. The van der Waals surface area contributed by atoms with Crippen LogP contribution in [-0.4, -0.2) is 58.6 Å². The molecule has 40 heavy (non-hydrogen) atoms. The van der Waals surface area contributed by atoms with E-state index < -0.39 is 18.7 Å². The minimum Gasteiger partial charge on any atom is -0.374 e. The second kappa shape index (κ2) is 18.2. The molecule has 2 rings (SSSR count). The van der Waals surface area contributed by atoms with Gasteiger partial charge in [0.05, 0.1) is 5.84 Å². The van der Waals surface area contributed by atoms with Crippen LogP contribution in [0, 0.1) is 0 Å². The van der Waals surface area contributed by atoms with Gasteiger partial charge in [0.2, 0.25) is 0 Å². The number of nitrogens with one attached hydrogen (secondary N) is 2. The summed E-state index contributed by atoms with van der Waals surface area (Å²) in [6, 6.07) is -0.0642. The lowest BCUT2D eigenvalue weighted by molar-refractivity contribution is -0.0457. The Labute approximate surface area is 238 Å². The van der Waals surface area contributed by atoms with Crippen LogP contribution in [0.4, 0.5) is 4.39 Å². The van der Waals surface area contributed by atoms with Crippen molar-refractivity contribution < 1.29 is 19.7 Å². The predicted molar refractivity (Wildman–Crippen MR) is 164 cm³/mol. The molecule has 0 aliphatic heterocycles. The summed E-state index contributed by atoms with van der Waals surface area (Å²) in [5.74, 6) is 0.667. The Morgan fingerprint density at radius 3 is 2.75 bits per heavy atom. The van der Waals surface area contributed by atoms with Crippen molar-refractivity contribution in [2.75, 3.05) is 6.54 Å². The van der Waals surface area contributed by atoms with Gasteiger partial charge in [-0.1, -0.05) is 48.6 Å². The van der Waals surface area contributed by atoms with Gasteiger partial charge in [0.1, 0.15) is 12.4 Å². The fraction of sp³-hybridized carbons (Fsp3) is 0.438. The summed E-state index contributed by atoms with van der Waals surface area (Å²) in [5, 5.41) is 35.5. The van der Waals surface area contributed by atoms with Crippen LogP contribution in [0.15, 0.2) is 106 Å². The molecule has 3 unspecified atom stereocenters. The molecule has 0 saturated carbocycles. The maximum Gasteiger partial charge on any atom is 0.151 e. The first-order chi connectivity index (χ1) is 19.2. The van der Waals surface area contributed by atoms with Crippen molar-refractivity contribution in [2.45, 2.75) is 83.5 Å². The van der Waals surface area contributed by atoms with E-state index in [0.29, 0.717) is 30.8 Å². The zero-order valence-electron chi connectivity index (χ0n) is 23.8. The topological polar surface area (TPSA) is 109 Å². The van der Waals surface area contributed by atoms with Gasteiger partial charge >= 0.3 is 0 Å². The van der Waals surface area contributed by atoms with Gasteiger partial charge in [-0.2, -0.15) is 0 Å². The lowest BCUT2D eigenvalue weighted by atomic mass is 9.82. The summed E-state index contributed by atoms with van der Waals surface area (Å²) in [6.45, 7) is 11.7. The van der Waals surface area contributed by atoms with Gasteiger partial charge in [-0.25, -0.2) is 4.39 Å². The van der Waals surface area contributed by atoms with Gasteiger partial charge in [0.15, 0.2) is 6.29 Å². The summed E-state index contributed by atoms with van der Waals surface area (Å²) in [5.41, 5.74) is 4.45. The number of allylic oxidation sites excluding steroid dienone is 9. The fourth-order valence-corrected chi connectivity index (χ4v) is 4.40. The molecule has 8 heteroatoms. The normalized spacial score (nSPS) is 21.9. The third-order valence-corrected chi connectivity index (χ3v) is 6.58. The number of amidine groups is 1. The van der Waals surface area contributed by atoms with E-state index in [-0.39, 0.29) is 12.5 Å². The van der Waals surface area contributed by atoms with Gasteiger partial charge in [0.25, 0.3) is 0 Å². The standard InChI is InChI=1S/C32H45FN4O3/c1-5-7-10-25(6-2)22-36-23(3)14-15-26(18-20-35-24(4)34-19-9-13-31(38)39)32(40)37-30-12-8-11-27-21-28(33)16-17-29(27)30/h5-6,10,14-18,20,22,28,30-32,37-40H,1-2,7-9,11-13,19,21H2,3-4H3,(H,34,35)/b20-18+,23-14+,25-10?,26-15+,36-22?. The van der Waals surface area contributed by atoms with Crippen molar-refractivity contribution in [1.29, 1.82) is 0 Å². The minimum atomic E-state index is -1.32. The van der Waals surface area contributed by atoms with Crippen molar-refractivity contribution in [2.24, 2.45) is 9.98 Å². The lowest BCUT2D eigenvalue weighted by Gasteiger charge is -2.32. The third-order valence-electron chi connectivity index (χ3n) is 6.58. The first-order valence-electron chi connectivity index (χ1n) is 13.9. The molecule has 2 aliphatic rings. The molecule has 7 nitrogen and oxygen atoms in total. The highest BCUT2D eigenvalue weighted by Crippen LogP contribution is 2.33. The molecule has 218 valence electrons. The van der Waals surface area contributed by atoms with Crippen LogP contribution < -0.4 is 10.6 Å². The Bertz CT molecular complexity index is 1100. The van der Waals surface area contributed by atoms with Crippen molar-refractivity contribution in [3.8, 4) is 0 Å². The summed E-state index contributed by atoms with van der Waals surface area (Å²) in [4.78, 5) is 8.85. The lowest BCUT2D eigenvalue weighted by Crippen LogP contribution is -2.42. The van der Waals surface area contributed by atoms with Crippen LogP contribution in [0.3, 0.4) is 0 Å². The van der Waals surface area contributed by atoms with Gasteiger partial charge in [0, 0.05) is 37.1 Å². The second-order valence-corrected chi connectivity index (χ2v) is 9.89.